The van der Waals surface area contributed by atoms with Gasteiger partial charge in [-0.1, -0.05) is 36.4 Å². The van der Waals surface area contributed by atoms with Crippen LogP contribution in [0, 0.1) is 6.92 Å². The van der Waals surface area contributed by atoms with Crippen molar-refractivity contribution >= 4 is 23.0 Å². The van der Waals surface area contributed by atoms with Crippen LogP contribution in [0.15, 0.2) is 66.7 Å². The van der Waals surface area contributed by atoms with Crippen LogP contribution < -0.4 is 10.2 Å². The molecule has 6 heteroatoms. The molecule has 0 aliphatic carbocycles. The van der Waals surface area contributed by atoms with Gasteiger partial charge in [0.1, 0.15) is 0 Å². The predicted molar refractivity (Wildman–Crippen MR) is 123 cm³/mol. The van der Waals surface area contributed by atoms with Gasteiger partial charge in [-0.3, -0.25) is 0 Å². The highest BCUT2D eigenvalue weighted by atomic mass is 15.4. The predicted octanol–water partition coefficient (Wildman–Crippen LogP) is 4.20. The number of benzene rings is 2. The number of fused-ring (bicyclic) bond motifs is 1. The Balaban J connectivity index is 1.40. The summed E-state index contributed by atoms with van der Waals surface area (Å²) in [5.41, 5.74) is 6.45. The number of aromatic nitrogens is 3. The summed E-state index contributed by atoms with van der Waals surface area (Å²) in [6.45, 7) is 6.45. The zero-order chi connectivity index (χ0) is 20.5. The van der Waals surface area contributed by atoms with Crippen molar-refractivity contribution in [3.63, 3.8) is 0 Å². The van der Waals surface area contributed by atoms with Gasteiger partial charge in [0, 0.05) is 43.1 Å². The van der Waals surface area contributed by atoms with Crippen molar-refractivity contribution in [2.45, 2.75) is 6.92 Å². The molecular weight excluding hydrogens is 372 g/mol. The number of piperazine rings is 1. The normalized spacial score (nSPS) is 14.9. The zero-order valence-corrected chi connectivity index (χ0v) is 17.4. The SMILES string of the molecule is Cc1ccc2nc(Nc3ccc(N4CCN(C)CC4)cc3)nn2c1-c1ccccc1. The van der Waals surface area contributed by atoms with Gasteiger partial charge in [0.2, 0.25) is 5.95 Å². The maximum Gasteiger partial charge on any atom is 0.247 e. The number of rotatable bonds is 4. The van der Waals surface area contributed by atoms with Crippen molar-refractivity contribution in [3.8, 4) is 11.3 Å². The Morgan fingerprint density at radius 2 is 1.57 bits per heavy atom. The molecule has 1 N–H and O–H groups in total. The first-order valence-corrected chi connectivity index (χ1v) is 10.4. The topological polar surface area (TPSA) is 48.7 Å². The molecule has 3 heterocycles. The number of aryl methyl sites for hydroxylation is 1. The molecule has 0 radical (unpaired) electrons. The molecule has 0 saturated carbocycles. The Labute approximate surface area is 176 Å². The van der Waals surface area contributed by atoms with Crippen molar-refractivity contribution in [2.24, 2.45) is 0 Å². The number of hydrogen-bond acceptors (Lipinski definition) is 5. The monoisotopic (exact) mass is 398 g/mol. The fraction of sp³-hybridized carbons (Fsp3) is 0.250. The highest BCUT2D eigenvalue weighted by Gasteiger charge is 2.15. The van der Waals surface area contributed by atoms with E-state index in [4.69, 9.17) is 5.10 Å². The quantitative estimate of drug-likeness (QED) is 0.558. The highest BCUT2D eigenvalue weighted by Crippen LogP contribution is 2.26. The van der Waals surface area contributed by atoms with Gasteiger partial charge in [-0.25, -0.2) is 4.52 Å². The molecule has 2 aromatic carbocycles. The molecule has 0 bridgehead atoms. The molecule has 152 valence electrons. The van der Waals surface area contributed by atoms with Crippen LogP contribution in [0.1, 0.15) is 5.56 Å². The fourth-order valence-corrected chi connectivity index (χ4v) is 3.99. The first-order chi connectivity index (χ1) is 14.7. The largest absolute Gasteiger partial charge is 0.369 e. The van der Waals surface area contributed by atoms with Crippen LogP contribution in [0.3, 0.4) is 0 Å². The summed E-state index contributed by atoms with van der Waals surface area (Å²) in [6.07, 6.45) is 0. The van der Waals surface area contributed by atoms with Crippen LogP contribution in [-0.2, 0) is 0 Å². The summed E-state index contributed by atoms with van der Waals surface area (Å²) >= 11 is 0. The average molecular weight is 399 g/mol. The Bertz CT molecular complexity index is 1140. The van der Waals surface area contributed by atoms with Crippen LogP contribution in [0.25, 0.3) is 16.9 Å². The minimum Gasteiger partial charge on any atom is -0.369 e. The van der Waals surface area contributed by atoms with Crippen molar-refractivity contribution in [1.82, 2.24) is 19.5 Å². The third-order valence-electron chi connectivity index (χ3n) is 5.74. The van der Waals surface area contributed by atoms with E-state index in [-0.39, 0.29) is 0 Å². The Morgan fingerprint density at radius 1 is 0.833 bits per heavy atom. The third-order valence-corrected chi connectivity index (χ3v) is 5.74. The molecule has 5 rings (SSSR count). The zero-order valence-electron chi connectivity index (χ0n) is 17.4. The number of likely N-dealkylation sites (N-methyl/N-ethyl adjacent to an activating group) is 1. The molecule has 0 spiro atoms. The molecule has 0 amide bonds. The molecule has 30 heavy (non-hydrogen) atoms. The second kappa shape index (κ2) is 7.80. The Morgan fingerprint density at radius 3 is 2.30 bits per heavy atom. The molecule has 1 aliphatic rings. The first-order valence-electron chi connectivity index (χ1n) is 10.4. The lowest BCUT2D eigenvalue weighted by atomic mass is 10.1. The van der Waals surface area contributed by atoms with E-state index in [2.05, 4.69) is 76.5 Å². The summed E-state index contributed by atoms with van der Waals surface area (Å²) < 4.78 is 1.92. The summed E-state index contributed by atoms with van der Waals surface area (Å²) in [5.74, 6) is 0.602. The molecule has 2 aromatic heterocycles. The average Bonchev–Trinajstić information content (AvgIpc) is 3.18. The molecule has 0 unspecified atom stereocenters. The molecule has 4 aromatic rings. The second-order valence-corrected chi connectivity index (χ2v) is 7.90. The molecule has 6 nitrogen and oxygen atoms in total. The van der Waals surface area contributed by atoms with Gasteiger partial charge in [-0.2, -0.15) is 4.98 Å². The van der Waals surface area contributed by atoms with Gasteiger partial charge in [0.25, 0.3) is 0 Å². The van der Waals surface area contributed by atoms with Gasteiger partial charge in [0.05, 0.1) is 5.69 Å². The minimum atomic E-state index is 0.602. The van der Waals surface area contributed by atoms with Gasteiger partial charge in [-0.05, 0) is 49.9 Å². The maximum atomic E-state index is 4.74. The van der Waals surface area contributed by atoms with Gasteiger partial charge < -0.3 is 15.1 Å². The van der Waals surface area contributed by atoms with Crippen molar-refractivity contribution < 1.29 is 0 Å². The van der Waals surface area contributed by atoms with Crippen molar-refractivity contribution in [2.75, 3.05) is 43.4 Å². The van der Waals surface area contributed by atoms with Crippen LogP contribution in [-0.4, -0.2) is 52.7 Å². The van der Waals surface area contributed by atoms with E-state index in [1.165, 1.54) is 11.3 Å². The van der Waals surface area contributed by atoms with E-state index < -0.39 is 0 Å². The number of pyridine rings is 1. The molecular formula is C24H26N6. The number of anilines is 3. The Hall–Kier alpha value is -3.38. The lowest BCUT2D eigenvalue weighted by molar-refractivity contribution is 0.313. The lowest BCUT2D eigenvalue weighted by Crippen LogP contribution is -2.44. The summed E-state index contributed by atoms with van der Waals surface area (Å²) in [5, 5.41) is 8.10. The van der Waals surface area contributed by atoms with E-state index >= 15 is 0 Å². The molecule has 1 fully saturated rings. The second-order valence-electron chi connectivity index (χ2n) is 7.90. The van der Waals surface area contributed by atoms with Gasteiger partial charge in [-0.15, -0.1) is 5.10 Å². The van der Waals surface area contributed by atoms with Crippen molar-refractivity contribution in [1.29, 1.82) is 0 Å². The van der Waals surface area contributed by atoms with Crippen LogP contribution >= 0.6 is 0 Å². The van der Waals surface area contributed by atoms with E-state index in [9.17, 15) is 0 Å². The van der Waals surface area contributed by atoms with E-state index in [0.717, 1.165) is 48.8 Å². The maximum absolute atomic E-state index is 4.74. The first kappa shape index (κ1) is 18.6. The number of nitrogens with zero attached hydrogens (tertiary/aromatic N) is 5. The fourth-order valence-electron chi connectivity index (χ4n) is 3.99. The Kier molecular flexibility index (Phi) is 4.85. The summed E-state index contributed by atoms with van der Waals surface area (Å²) in [4.78, 5) is 9.48. The van der Waals surface area contributed by atoms with E-state index in [1.807, 2.05) is 28.8 Å². The van der Waals surface area contributed by atoms with E-state index in [1.54, 1.807) is 0 Å². The number of hydrogen-bond donors (Lipinski definition) is 1. The van der Waals surface area contributed by atoms with Gasteiger partial charge >= 0.3 is 0 Å². The van der Waals surface area contributed by atoms with Crippen molar-refractivity contribution in [3.05, 3.63) is 72.3 Å². The summed E-state index contributed by atoms with van der Waals surface area (Å²) in [7, 11) is 2.18. The summed E-state index contributed by atoms with van der Waals surface area (Å²) in [6, 6.07) is 23.0. The van der Waals surface area contributed by atoms with Crippen LogP contribution in [0.2, 0.25) is 0 Å². The standard InChI is InChI=1S/C24H26N6/c1-18-8-13-22-26-24(27-30(22)23(18)19-6-4-3-5-7-19)25-20-9-11-21(12-10-20)29-16-14-28(2)15-17-29/h3-13H,14-17H2,1-2H3,(H,25,27). The van der Waals surface area contributed by atoms with Crippen LogP contribution in [0.4, 0.5) is 17.3 Å². The van der Waals surface area contributed by atoms with Gasteiger partial charge in [0.15, 0.2) is 5.65 Å². The molecule has 0 atom stereocenters. The highest BCUT2D eigenvalue weighted by molar-refractivity contribution is 5.68. The molecule has 1 aliphatic heterocycles. The van der Waals surface area contributed by atoms with E-state index in [0.29, 0.717) is 5.95 Å². The minimum absolute atomic E-state index is 0.602. The number of nitrogens with one attached hydrogen (secondary N) is 1. The third kappa shape index (κ3) is 3.62. The van der Waals surface area contributed by atoms with Crippen LogP contribution in [0.5, 0.6) is 0 Å². The molecule has 1 saturated heterocycles. The smallest absolute Gasteiger partial charge is 0.247 e. The lowest BCUT2D eigenvalue weighted by Gasteiger charge is -2.34.